The third-order valence-electron chi connectivity index (χ3n) is 6.64. The number of rotatable bonds is 7. The molecule has 11 nitrogen and oxygen atoms in total. The van der Waals surface area contributed by atoms with E-state index in [2.05, 4.69) is 42.3 Å². The molecule has 0 spiro atoms. The van der Waals surface area contributed by atoms with E-state index < -0.39 is 0 Å². The Balaban J connectivity index is 1.23. The molecule has 5 heterocycles. The molecule has 1 aliphatic rings. The van der Waals surface area contributed by atoms with E-state index in [1.807, 2.05) is 60.2 Å². The molecule has 1 atom stereocenters. The van der Waals surface area contributed by atoms with Gasteiger partial charge in [-0.05, 0) is 61.7 Å². The van der Waals surface area contributed by atoms with Crippen molar-refractivity contribution in [3.8, 4) is 11.5 Å². The van der Waals surface area contributed by atoms with Crippen LogP contribution in [0, 0.1) is 6.92 Å². The molecule has 1 aliphatic heterocycles. The number of hydrogen-bond donors (Lipinski definition) is 2. The number of ether oxygens (including phenoxy) is 1. The quantitative estimate of drug-likeness (QED) is 0.318. The van der Waals surface area contributed by atoms with Gasteiger partial charge in [0.2, 0.25) is 5.91 Å². The number of carbonyl (C=O) groups is 1. The molecule has 2 N–H and O–H groups in total. The largest absolute Gasteiger partial charge is 0.457 e. The van der Waals surface area contributed by atoms with Gasteiger partial charge < -0.3 is 20.3 Å². The highest BCUT2D eigenvalue weighted by Gasteiger charge is 2.24. The molecule has 192 valence electrons. The van der Waals surface area contributed by atoms with Gasteiger partial charge in [0.15, 0.2) is 11.5 Å². The molecule has 1 aromatic carbocycles. The van der Waals surface area contributed by atoms with Gasteiger partial charge in [0.05, 0.1) is 5.69 Å². The Morgan fingerprint density at radius 2 is 1.95 bits per heavy atom. The van der Waals surface area contributed by atoms with Crippen molar-refractivity contribution in [1.29, 1.82) is 0 Å². The van der Waals surface area contributed by atoms with Crippen LogP contribution in [-0.2, 0) is 4.79 Å². The highest BCUT2D eigenvalue weighted by atomic mass is 16.5. The second-order valence-electron chi connectivity index (χ2n) is 9.23. The summed E-state index contributed by atoms with van der Waals surface area (Å²) in [6.07, 6.45) is 10.0. The predicted molar refractivity (Wildman–Crippen MR) is 144 cm³/mol. The van der Waals surface area contributed by atoms with E-state index in [0.29, 0.717) is 18.1 Å². The molecule has 6 rings (SSSR count). The van der Waals surface area contributed by atoms with E-state index in [1.54, 1.807) is 4.52 Å². The maximum absolute atomic E-state index is 11.8. The van der Waals surface area contributed by atoms with E-state index in [9.17, 15) is 4.79 Å². The summed E-state index contributed by atoms with van der Waals surface area (Å²) in [5, 5.41) is 15.0. The zero-order valence-corrected chi connectivity index (χ0v) is 20.9. The second-order valence-corrected chi connectivity index (χ2v) is 9.23. The fourth-order valence-corrected chi connectivity index (χ4v) is 4.82. The van der Waals surface area contributed by atoms with Crippen molar-refractivity contribution in [2.75, 3.05) is 23.3 Å². The maximum atomic E-state index is 11.8. The van der Waals surface area contributed by atoms with Crippen LogP contribution in [0.3, 0.4) is 0 Å². The summed E-state index contributed by atoms with van der Waals surface area (Å²) in [5.41, 5.74) is 4.46. The zero-order valence-electron chi connectivity index (χ0n) is 20.9. The lowest BCUT2D eigenvalue weighted by atomic mass is 10.0. The monoisotopic (exact) mass is 509 g/mol. The molecule has 4 aromatic heterocycles. The average Bonchev–Trinajstić information content (AvgIpc) is 3.58. The topological polar surface area (TPSA) is 114 Å². The summed E-state index contributed by atoms with van der Waals surface area (Å²) in [6, 6.07) is 11.7. The molecule has 1 unspecified atom stereocenters. The predicted octanol–water partition coefficient (Wildman–Crippen LogP) is 3.89. The molecular formula is C27H27N9O2. The third kappa shape index (κ3) is 4.61. The van der Waals surface area contributed by atoms with Gasteiger partial charge >= 0.3 is 0 Å². The highest BCUT2D eigenvalue weighted by Crippen LogP contribution is 2.33. The number of nitrogens with one attached hydrogen (secondary N) is 2. The normalized spacial score (nSPS) is 15.5. The Hall–Kier alpha value is -4.93. The molecular weight excluding hydrogens is 482 g/mol. The van der Waals surface area contributed by atoms with Gasteiger partial charge in [0, 0.05) is 43.3 Å². The molecule has 1 amide bonds. The first kappa shape index (κ1) is 23.5. The molecule has 0 saturated carbocycles. The van der Waals surface area contributed by atoms with Crippen molar-refractivity contribution >= 4 is 34.3 Å². The van der Waals surface area contributed by atoms with Crippen LogP contribution in [-0.4, -0.2) is 54.2 Å². The summed E-state index contributed by atoms with van der Waals surface area (Å²) < 4.78 is 9.62. The minimum atomic E-state index is -0.147. The smallest absolute Gasteiger partial charge is 0.243 e. The van der Waals surface area contributed by atoms with Crippen LogP contribution in [0.2, 0.25) is 0 Å². The average molecular weight is 510 g/mol. The molecule has 11 heteroatoms. The van der Waals surface area contributed by atoms with Gasteiger partial charge in [-0.25, -0.2) is 19.0 Å². The molecule has 1 saturated heterocycles. The SMILES string of the molecule is C=CC(=O)NC1CCCN(c2ccn3ncnc(Nc4ccc(Oc5ccn6ncnc6c5)c(C)c4)c23)C1. The molecule has 38 heavy (non-hydrogen) atoms. The Labute approximate surface area is 218 Å². The number of aromatic nitrogens is 6. The van der Waals surface area contributed by atoms with E-state index in [0.717, 1.165) is 53.2 Å². The number of fused-ring (bicyclic) bond motifs is 2. The van der Waals surface area contributed by atoms with Crippen molar-refractivity contribution in [1.82, 2.24) is 34.5 Å². The number of nitrogens with zero attached hydrogens (tertiary/aromatic N) is 7. The van der Waals surface area contributed by atoms with Crippen LogP contribution < -0.4 is 20.3 Å². The lowest BCUT2D eigenvalue weighted by molar-refractivity contribution is -0.117. The van der Waals surface area contributed by atoms with Crippen molar-refractivity contribution in [3.05, 3.63) is 79.7 Å². The third-order valence-corrected chi connectivity index (χ3v) is 6.64. The lowest BCUT2D eigenvalue weighted by Crippen LogP contribution is -2.47. The van der Waals surface area contributed by atoms with E-state index in [-0.39, 0.29) is 11.9 Å². The Kier molecular flexibility index (Phi) is 6.08. The summed E-state index contributed by atoms with van der Waals surface area (Å²) in [6.45, 7) is 7.16. The van der Waals surface area contributed by atoms with Gasteiger partial charge in [-0.1, -0.05) is 6.58 Å². The standard InChI is InChI=1S/C27H27N9O2/c1-3-25(37)32-20-5-4-10-34(15-20)22-9-12-36-26(22)27(29-17-31-36)33-19-6-7-23(18(2)13-19)38-21-8-11-35-24(14-21)28-16-30-35/h3,6-9,11-14,16-17,20H,1,4-5,10,15H2,2H3,(H,32,37)(H,29,31,33). The first-order valence-corrected chi connectivity index (χ1v) is 12.4. The van der Waals surface area contributed by atoms with Crippen molar-refractivity contribution in [2.45, 2.75) is 25.8 Å². The molecule has 0 bridgehead atoms. The minimum Gasteiger partial charge on any atom is -0.457 e. The second kappa shape index (κ2) is 9.85. The fourth-order valence-electron chi connectivity index (χ4n) is 4.82. The number of piperidine rings is 1. The van der Waals surface area contributed by atoms with Crippen LogP contribution >= 0.6 is 0 Å². The summed E-state index contributed by atoms with van der Waals surface area (Å²) in [7, 11) is 0. The van der Waals surface area contributed by atoms with E-state index in [4.69, 9.17) is 4.74 Å². The van der Waals surface area contributed by atoms with Gasteiger partial charge in [0.25, 0.3) is 0 Å². The van der Waals surface area contributed by atoms with Crippen molar-refractivity contribution in [2.24, 2.45) is 0 Å². The minimum absolute atomic E-state index is 0.0610. The van der Waals surface area contributed by atoms with Gasteiger partial charge in [0.1, 0.15) is 29.7 Å². The number of hydrogen-bond acceptors (Lipinski definition) is 8. The van der Waals surface area contributed by atoms with Crippen LogP contribution in [0.1, 0.15) is 18.4 Å². The van der Waals surface area contributed by atoms with Gasteiger partial charge in [-0.2, -0.15) is 10.2 Å². The summed E-state index contributed by atoms with van der Waals surface area (Å²) >= 11 is 0. The molecule has 5 aromatic rings. The van der Waals surface area contributed by atoms with Crippen molar-refractivity contribution < 1.29 is 9.53 Å². The zero-order chi connectivity index (χ0) is 26.1. The highest BCUT2D eigenvalue weighted by molar-refractivity contribution is 5.88. The number of amides is 1. The van der Waals surface area contributed by atoms with Crippen LogP contribution in [0.25, 0.3) is 11.2 Å². The molecule has 0 aliphatic carbocycles. The van der Waals surface area contributed by atoms with Crippen LogP contribution in [0.5, 0.6) is 11.5 Å². The van der Waals surface area contributed by atoms with Crippen molar-refractivity contribution in [3.63, 3.8) is 0 Å². The Morgan fingerprint density at radius 3 is 2.82 bits per heavy atom. The number of aryl methyl sites for hydroxylation is 1. The van der Waals surface area contributed by atoms with E-state index in [1.165, 1.54) is 18.7 Å². The Bertz CT molecular complexity index is 1640. The number of anilines is 3. The van der Waals surface area contributed by atoms with E-state index >= 15 is 0 Å². The lowest BCUT2D eigenvalue weighted by Gasteiger charge is -2.34. The first-order valence-electron chi connectivity index (χ1n) is 12.4. The number of carbonyl (C=O) groups excluding carboxylic acids is 1. The fraction of sp³-hybridized carbons (Fsp3) is 0.222. The summed E-state index contributed by atoms with van der Waals surface area (Å²) in [5.74, 6) is 1.99. The maximum Gasteiger partial charge on any atom is 0.243 e. The van der Waals surface area contributed by atoms with Crippen LogP contribution in [0.4, 0.5) is 17.2 Å². The number of benzene rings is 1. The van der Waals surface area contributed by atoms with Gasteiger partial charge in [-0.3, -0.25) is 4.79 Å². The number of pyridine rings is 1. The summed E-state index contributed by atoms with van der Waals surface area (Å²) in [4.78, 5) is 22.9. The molecule has 0 radical (unpaired) electrons. The Morgan fingerprint density at radius 1 is 1.11 bits per heavy atom. The first-order chi connectivity index (χ1) is 18.6. The van der Waals surface area contributed by atoms with Gasteiger partial charge in [-0.15, -0.1) is 0 Å². The molecule has 1 fully saturated rings. The van der Waals surface area contributed by atoms with Crippen LogP contribution in [0.15, 0.2) is 74.1 Å².